The van der Waals surface area contributed by atoms with Crippen molar-refractivity contribution in [1.29, 1.82) is 0 Å². The van der Waals surface area contributed by atoms with Crippen molar-refractivity contribution in [1.82, 2.24) is 5.32 Å². The van der Waals surface area contributed by atoms with Crippen LogP contribution in [0.15, 0.2) is 60.7 Å². The van der Waals surface area contributed by atoms with E-state index in [1.54, 1.807) is 6.08 Å². The van der Waals surface area contributed by atoms with Gasteiger partial charge in [-0.15, -0.1) is 0 Å². The molecular formula is C17H17NO. The molecule has 0 atom stereocenters. The molecule has 2 heteroatoms. The van der Waals surface area contributed by atoms with Crippen LogP contribution in [0.1, 0.15) is 16.7 Å². The zero-order valence-electron chi connectivity index (χ0n) is 11.0. The van der Waals surface area contributed by atoms with Gasteiger partial charge in [-0.1, -0.05) is 60.2 Å². The Hall–Kier alpha value is -2.35. The van der Waals surface area contributed by atoms with Crippen LogP contribution in [0, 0.1) is 6.92 Å². The van der Waals surface area contributed by atoms with Crippen molar-refractivity contribution in [3.05, 3.63) is 77.4 Å². The number of amides is 1. The van der Waals surface area contributed by atoms with E-state index in [0.29, 0.717) is 6.54 Å². The molecule has 2 aromatic carbocycles. The van der Waals surface area contributed by atoms with Crippen LogP contribution in [-0.2, 0) is 11.3 Å². The van der Waals surface area contributed by atoms with Gasteiger partial charge < -0.3 is 5.32 Å². The van der Waals surface area contributed by atoms with Gasteiger partial charge in [0.2, 0.25) is 5.91 Å². The minimum Gasteiger partial charge on any atom is -0.348 e. The summed E-state index contributed by atoms with van der Waals surface area (Å²) >= 11 is 0. The van der Waals surface area contributed by atoms with Crippen molar-refractivity contribution in [3.63, 3.8) is 0 Å². The highest BCUT2D eigenvalue weighted by atomic mass is 16.1. The molecule has 2 nitrogen and oxygen atoms in total. The van der Waals surface area contributed by atoms with E-state index in [0.717, 1.165) is 11.1 Å². The van der Waals surface area contributed by atoms with Gasteiger partial charge >= 0.3 is 0 Å². The Balaban J connectivity index is 1.88. The summed E-state index contributed by atoms with van der Waals surface area (Å²) in [5, 5.41) is 2.86. The van der Waals surface area contributed by atoms with Gasteiger partial charge in [0.05, 0.1) is 0 Å². The molecule has 0 bridgehead atoms. The summed E-state index contributed by atoms with van der Waals surface area (Å²) in [7, 11) is 0. The van der Waals surface area contributed by atoms with Crippen LogP contribution in [0.5, 0.6) is 0 Å². The molecule has 0 heterocycles. The van der Waals surface area contributed by atoms with Gasteiger partial charge in [-0.25, -0.2) is 0 Å². The molecule has 2 rings (SSSR count). The van der Waals surface area contributed by atoms with Gasteiger partial charge in [0.15, 0.2) is 0 Å². The third kappa shape index (κ3) is 4.43. The predicted octanol–water partition coefficient (Wildman–Crippen LogP) is 3.32. The van der Waals surface area contributed by atoms with Crippen molar-refractivity contribution in [2.24, 2.45) is 0 Å². The summed E-state index contributed by atoms with van der Waals surface area (Å²) in [4.78, 5) is 11.7. The number of rotatable bonds is 4. The summed E-state index contributed by atoms with van der Waals surface area (Å²) in [6.07, 6.45) is 3.39. The fourth-order valence-corrected chi connectivity index (χ4v) is 1.79. The normalized spacial score (nSPS) is 10.6. The van der Waals surface area contributed by atoms with Crippen LogP contribution in [0.25, 0.3) is 6.08 Å². The molecule has 0 spiro atoms. The van der Waals surface area contributed by atoms with Crippen molar-refractivity contribution >= 4 is 12.0 Å². The molecule has 0 aliphatic rings. The number of aryl methyl sites for hydroxylation is 1. The van der Waals surface area contributed by atoms with Gasteiger partial charge in [-0.05, 0) is 24.1 Å². The summed E-state index contributed by atoms with van der Waals surface area (Å²) in [5.74, 6) is -0.0784. The van der Waals surface area contributed by atoms with Crippen molar-refractivity contribution < 1.29 is 4.79 Å². The van der Waals surface area contributed by atoms with E-state index < -0.39 is 0 Å². The van der Waals surface area contributed by atoms with Crippen molar-refractivity contribution in [3.8, 4) is 0 Å². The fraction of sp³-hybridized carbons (Fsp3) is 0.118. The SMILES string of the molecule is Cc1cccc(/C=C\C(=O)NCc2ccccc2)c1. The topological polar surface area (TPSA) is 29.1 Å². The van der Waals surface area contributed by atoms with Gasteiger partial charge in [0, 0.05) is 12.6 Å². The van der Waals surface area contributed by atoms with E-state index in [1.807, 2.05) is 67.6 Å². The van der Waals surface area contributed by atoms with Crippen molar-refractivity contribution in [2.45, 2.75) is 13.5 Å². The van der Waals surface area contributed by atoms with Crippen LogP contribution in [0.2, 0.25) is 0 Å². The van der Waals surface area contributed by atoms with Crippen LogP contribution >= 0.6 is 0 Å². The number of nitrogens with one attached hydrogen (secondary N) is 1. The summed E-state index contributed by atoms with van der Waals surface area (Å²) in [6, 6.07) is 17.9. The van der Waals surface area contributed by atoms with Crippen LogP contribution in [-0.4, -0.2) is 5.91 Å². The Morgan fingerprint density at radius 1 is 1.11 bits per heavy atom. The molecule has 1 N–H and O–H groups in total. The van der Waals surface area contributed by atoms with E-state index in [4.69, 9.17) is 0 Å². The number of hydrogen-bond acceptors (Lipinski definition) is 1. The lowest BCUT2D eigenvalue weighted by Crippen LogP contribution is -2.20. The highest BCUT2D eigenvalue weighted by Gasteiger charge is 1.96. The molecule has 0 radical (unpaired) electrons. The first kappa shape index (κ1) is 13.1. The Morgan fingerprint density at radius 2 is 1.89 bits per heavy atom. The molecule has 0 saturated heterocycles. The number of hydrogen-bond donors (Lipinski definition) is 1. The van der Waals surface area contributed by atoms with E-state index >= 15 is 0 Å². The number of benzene rings is 2. The standard InChI is InChI=1S/C17H17NO/c1-14-6-5-9-15(12-14)10-11-17(19)18-13-16-7-3-2-4-8-16/h2-12H,13H2,1H3,(H,18,19)/b11-10-. The average molecular weight is 251 g/mol. The highest BCUT2D eigenvalue weighted by molar-refractivity contribution is 5.91. The molecule has 2 aromatic rings. The van der Waals surface area contributed by atoms with Crippen molar-refractivity contribution in [2.75, 3.05) is 0 Å². The largest absolute Gasteiger partial charge is 0.348 e. The van der Waals surface area contributed by atoms with Gasteiger partial charge in [0.1, 0.15) is 0 Å². The lowest BCUT2D eigenvalue weighted by molar-refractivity contribution is -0.116. The molecule has 96 valence electrons. The molecule has 0 fully saturated rings. The summed E-state index contributed by atoms with van der Waals surface area (Å²) in [5.41, 5.74) is 3.32. The maximum atomic E-state index is 11.7. The molecule has 0 aliphatic carbocycles. The molecule has 0 saturated carbocycles. The zero-order valence-corrected chi connectivity index (χ0v) is 11.0. The average Bonchev–Trinajstić information content (AvgIpc) is 2.44. The summed E-state index contributed by atoms with van der Waals surface area (Å²) in [6.45, 7) is 2.59. The Kier molecular flexibility index (Phi) is 4.51. The predicted molar refractivity (Wildman–Crippen MR) is 78.5 cm³/mol. The molecule has 0 aliphatic heterocycles. The molecule has 0 unspecified atom stereocenters. The van der Waals surface area contributed by atoms with Gasteiger partial charge in [0.25, 0.3) is 0 Å². The highest BCUT2D eigenvalue weighted by Crippen LogP contribution is 2.05. The second kappa shape index (κ2) is 6.55. The third-order valence-corrected chi connectivity index (χ3v) is 2.78. The quantitative estimate of drug-likeness (QED) is 0.830. The monoisotopic (exact) mass is 251 g/mol. The van der Waals surface area contributed by atoms with E-state index in [1.165, 1.54) is 5.56 Å². The number of carbonyl (C=O) groups excluding carboxylic acids is 1. The maximum absolute atomic E-state index is 11.7. The van der Waals surface area contributed by atoms with Gasteiger partial charge in [-0.3, -0.25) is 4.79 Å². The Morgan fingerprint density at radius 3 is 2.63 bits per heavy atom. The fourth-order valence-electron chi connectivity index (χ4n) is 1.79. The Bertz CT molecular complexity index is 573. The number of carbonyl (C=O) groups is 1. The first-order valence-electron chi connectivity index (χ1n) is 6.30. The second-order valence-electron chi connectivity index (χ2n) is 4.45. The Labute approximate surface area is 113 Å². The first-order valence-corrected chi connectivity index (χ1v) is 6.30. The smallest absolute Gasteiger partial charge is 0.244 e. The zero-order chi connectivity index (χ0) is 13.5. The van der Waals surface area contributed by atoms with E-state index in [-0.39, 0.29) is 5.91 Å². The van der Waals surface area contributed by atoms with Crippen LogP contribution in [0.3, 0.4) is 0 Å². The minimum absolute atomic E-state index is 0.0784. The molecule has 0 aromatic heterocycles. The van der Waals surface area contributed by atoms with Gasteiger partial charge in [-0.2, -0.15) is 0 Å². The lowest BCUT2D eigenvalue weighted by atomic mass is 10.1. The van der Waals surface area contributed by atoms with Crippen LogP contribution < -0.4 is 5.32 Å². The van der Waals surface area contributed by atoms with E-state index in [9.17, 15) is 4.79 Å². The second-order valence-corrected chi connectivity index (χ2v) is 4.45. The molecule has 19 heavy (non-hydrogen) atoms. The third-order valence-electron chi connectivity index (χ3n) is 2.78. The minimum atomic E-state index is -0.0784. The molecular weight excluding hydrogens is 234 g/mol. The van der Waals surface area contributed by atoms with E-state index in [2.05, 4.69) is 5.32 Å². The maximum Gasteiger partial charge on any atom is 0.244 e. The summed E-state index contributed by atoms with van der Waals surface area (Å²) < 4.78 is 0. The van der Waals surface area contributed by atoms with Crippen LogP contribution in [0.4, 0.5) is 0 Å². The molecule has 1 amide bonds. The first-order chi connectivity index (χ1) is 9.24. The lowest BCUT2D eigenvalue weighted by Gasteiger charge is -2.02.